The summed E-state index contributed by atoms with van der Waals surface area (Å²) in [6, 6.07) is 30.3. The van der Waals surface area contributed by atoms with Gasteiger partial charge in [0.05, 0.1) is 11.0 Å². The number of nitrogens with zero attached hydrogens (tertiary/aromatic N) is 2. The third-order valence-corrected chi connectivity index (χ3v) is 5.90. The topological polar surface area (TPSA) is 42.9 Å². The number of ketones is 1. The molecule has 0 amide bonds. The largest absolute Gasteiger partial charge is 0.285 e. The maximum absolute atomic E-state index is 13.3. The van der Waals surface area contributed by atoms with Crippen molar-refractivity contribution in [1.29, 1.82) is 0 Å². The lowest BCUT2D eigenvalue weighted by Crippen LogP contribution is -2.07. The molecular formula is C28H18N2O. The van der Waals surface area contributed by atoms with Gasteiger partial charge in [0.25, 0.3) is 0 Å². The summed E-state index contributed by atoms with van der Waals surface area (Å²) in [6.45, 7) is 2.02. The van der Waals surface area contributed by atoms with Gasteiger partial charge in [0.1, 0.15) is 11.4 Å². The zero-order chi connectivity index (χ0) is 20.9. The molecule has 0 saturated carbocycles. The van der Waals surface area contributed by atoms with Gasteiger partial charge in [0.2, 0.25) is 5.78 Å². The summed E-state index contributed by atoms with van der Waals surface area (Å²) in [4.78, 5) is 22.7. The molecule has 2 heterocycles. The van der Waals surface area contributed by atoms with E-state index in [1.807, 2.05) is 49.4 Å². The van der Waals surface area contributed by atoms with Crippen LogP contribution in [0.25, 0.3) is 43.4 Å². The fraction of sp³-hybridized carbons (Fsp3) is 0.0357. The van der Waals surface area contributed by atoms with E-state index in [0.717, 1.165) is 43.5 Å². The zero-order valence-electron chi connectivity index (χ0n) is 17.0. The predicted molar refractivity (Wildman–Crippen MR) is 127 cm³/mol. The molecule has 0 aliphatic carbocycles. The molecule has 0 aliphatic heterocycles. The molecule has 0 fully saturated rings. The van der Waals surface area contributed by atoms with Crippen LogP contribution in [-0.2, 0) is 0 Å². The highest BCUT2D eigenvalue weighted by molar-refractivity contribution is 6.10. The first-order chi connectivity index (χ1) is 15.2. The number of fused-ring (bicyclic) bond motifs is 4. The summed E-state index contributed by atoms with van der Waals surface area (Å²) in [5, 5.41) is 6.63. The monoisotopic (exact) mass is 398 g/mol. The number of aromatic nitrogens is 2. The summed E-state index contributed by atoms with van der Waals surface area (Å²) in [6.07, 6.45) is 0. The van der Waals surface area contributed by atoms with E-state index in [-0.39, 0.29) is 5.78 Å². The normalized spacial score (nSPS) is 11.5. The molecule has 6 aromatic rings. The van der Waals surface area contributed by atoms with Gasteiger partial charge in [0, 0.05) is 10.8 Å². The van der Waals surface area contributed by atoms with Gasteiger partial charge in [-0.15, -0.1) is 0 Å². The summed E-state index contributed by atoms with van der Waals surface area (Å²) >= 11 is 0. The molecule has 3 heteroatoms. The van der Waals surface area contributed by atoms with E-state index in [2.05, 4.69) is 47.4 Å². The van der Waals surface area contributed by atoms with Crippen molar-refractivity contribution in [2.24, 2.45) is 0 Å². The molecule has 0 radical (unpaired) electrons. The highest BCUT2D eigenvalue weighted by Gasteiger charge is 2.15. The van der Waals surface area contributed by atoms with Crippen molar-refractivity contribution in [1.82, 2.24) is 9.97 Å². The van der Waals surface area contributed by atoms with E-state index in [1.54, 1.807) is 6.07 Å². The Morgan fingerprint density at radius 1 is 0.581 bits per heavy atom. The number of pyridine rings is 2. The number of carbonyl (C=O) groups excluding carboxylic acids is 1. The Hall–Kier alpha value is -4.11. The van der Waals surface area contributed by atoms with Crippen molar-refractivity contribution < 1.29 is 4.79 Å². The second-order valence-corrected chi connectivity index (χ2v) is 7.96. The van der Waals surface area contributed by atoms with Crippen molar-refractivity contribution >= 4 is 49.1 Å². The highest BCUT2D eigenvalue weighted by atomic mass is 16.1. The first kappa shape index (κ1) is 17.7. The molecule has 6 rings (SSSR count). The molecule has 0 spiro atoms. The van der Waals surface area contributed by atoms with Crippen LogP contribution in [0.4, 0.5) is 0 Å². The first-order valence-electron chi connectivity index (χ1n) is 10.3. The summed E-state index contributed by atoms with van der Waals surface area (Å²) in [7, 11) is 0. The molecular weight excluding hydrogens is 380 g/mol. The van der Waals surface area contributed by atoms with Gasteiger partial charge in [-0.2, -0.15) is 0 Å². The number of aryl methyl sites for hydroxylation is 1. The van der Waals surface area contributed by atoms with Crippen LogP contribution in [0.2, 0.25) is 0 Å². The van der Waals surface area contributed by atoms with Crippen molar-refractivity contribution in [3.63, 3.8) is 0 Å². The second-order valence-electron chi connectivity index (χ2n) is 7.96. The molecule has 31 heavy (non-hydrogen) atoms. The van der Waals surface area contributed by atoms with E-state index >= 15 is 0 Å². The average molecular weight is 398 g/mol. The fourth-order valence-electron chi connectivity index (χ4n) is 4.27. The molecule has 0 bridgehead atoms. The van der Waals surface area contributed by atoms with Crippen LogP contribution >= 0.6 is 0 Å². The molecule has 4 aromatic carbocycles. The fourth-order valence-corrected chi connectivity index (χ4v) is 4.27. The Bertz CT molecular complexity index is 1670. The standard InChI is InChI=1S/C28H18N2O/c1-17-12-27(30-26-16-21-9-5-3-7-19(21)14-23(17)26)28(31)24-11-10-22-13-18-6-2-4-8-20(18)15-25(22)29-24/h2-16H,1H3. The Morgan fingerprint density at radius 3 is 1.87 bits per heavy atom. The maximum atomic E-state index is 13.3. The molecule has 0 aliphatic rings. The summed E-state index contributed by atoms with van der Waals surface area (Å²) in [5.41, 5.74) is 3.51. The van der Waals surface area contributed by atoms with E-state index in [1.165, 1.54) is 5.39 Å². The zero-order valence-corrected chi connectivity index (χ0v) is 17.0. The molecule has 0 N–H and O–H groups in total. The van der Waals surface area contributed by atoms with Gasteiger partial charge < -0.3 is 0 Å². The average Bonchev–Trinajstić information content (AvgIpc) is 2.80. The quantitative estimate of drug-likeness (QED) is 0.243. The Labute approximate surface area is 179 Å². The third-order valence-electron chi connectivity index (χ3n) is 5.90. The molecule has 0 saturated heterocycles. The van der Waals surface area contributed by atoms with Crippen LogP contribution in [0, 0.1) is 6.92 Å². The van der Waals surface area contributed by atoms with Crippen LogP contribution in [-0.4, -0.2) is 15.8 Å². The van der Waals surface area contributed by atoms with Crippen molar-refractivity contribution in [2.75, 3.05) is 0 Å². The van der Waals surface area contributed by atoms with Gasteiger partial charge in [-0.25, -0.2) is 9.97 Å². The number of carbonyl (C=O) groups is 1. The minimum absolute atomic E-state index is 0.159. The van der Waals surface area contributed by atoms with Gasteiger partial charge >= 0.3 is 0 Å². The molecule has 2 aromatic heterocycles. The Balaban J connectivity index is 1.48. The van der Waals surface area contributed by atoms with Crippen LogP contribution in [0.15, 0.2) is 91.0 Å². The maximum Gasteiger partial charge on any atom is 0.229 e. The lowest BCUT2D eigenvalue weighted by Gasteiger charge is -2.08. The number of rotatable bonds is 2. The van der Waals surface area contributed by atoms with Crippen LogP contribution in [0.3, 0.4) is 0 Å². The molecule has 0 unspecified atom stereocenters. The second kappa shape index (κ2) is 6.71. The van der Waals surface area contributed by atoms with Gasteiger partial charge in [-0.3, -0.25) is 4.79 Å². The van der Waals surface area contributed by atoms with E-state index in [9.17, 15) is 4.79 Å². The smallest absolute Gasteiger partial charge is 0.229 e. The van der Waals surface area contributed by atoms with Crippen LogP contribution < -0.4 is 0 Å². The SMILES string of the molecule is Cc1cc(C(=O)c2ccc3cc4ccccc4cc3n2)nc2cc3ccccc3cc12. The van der Waals surface area contributed by atoms with Crippen molar-refractivity contribution in [3.05, 3.63) is 108 Å². The Morgan fingerprint density at radius 2 is 1.16 bits per heavy atom. The van der Waals surface area contributed by atoms with Crippen LogP contribution in [0.5, 0.6) is 0 Å². The van der Waals surface area contributed by atoms with E-state index in [4.69, 9.17) is 4.98 Å². The van der Waals surface area contributed by atoms with E-state index < -0.39 is 0 Å². The Kier molecular flexibility index (Phi) is 3.84. The number of benzene rings is 4. The minimum Gasteiger partial charge on any atom is -0.285 e. The van der Waals surface area contributed by atoms with Gasteiger partial charge in [0.15, 0.2) is 0 Å². The first-order valence-corrected chi connectivity index (χ1v) is 10.3. The van der Waals surface area contributed by atoms with E-state index in [0.29, 0.717) is 11.4 Å². The molecule has 0 atom stereocenters. The van der Waals surface area contributed by atoms with Crippen molar-refractivity contribution in [3.8, 4) is 0 Å². The molecule has 3 nitrogen and oxygen atoms in total. The third kappa shape index (κ3) is 2.94. The van der Waals surface area contributed by atoms with Crippen LogP contribution in [0.1, 0.15) is 21.7 Å². The van der Waals surface area contributed by atoms with Gasteiger partial charge in [-0.05, 0) is 70.4 Å². The van der Waals surface area contributed by atoms with Crippen molar-refractivity contribution in [2.45, 2.75) is 6.92 Å². The number of hydrogen-bond donors (Lipinski definition) is 0. The van der Waals surface area contributed by atoms with Gasteiger partial charge in [-0.1, -0.05) is 54.6 Å². The number of hydrogen-bond acceptors (Lipinski definition) is 3. The highest BCUT2D eigenvalue weighted by Crippen LogP contribution is 2.26. The molecule has 146 valence electrons. The lowest BCUT2D eigenvalue weighted by molar-refractivity contribution is 0.103. The summed E-state index contributed by atoms with van der Waals surface area (Å²) in [5.74, 6) is -0.159. The predicted octanol–water partition coefficient (Wildman–Crippen LogP) is 6.63. The minimum atomic E-state index is -0.159. The lowest BCUT2D eigenvalue weighted by atomic mass is 10.0. The summed E-state index contributed by atoms with van der Waals surface area (Å²) < 4.78 is 0.